The topological polar surface area (TPSA) is 91.3 Å². The summed E-state index contributed by atoms with van der Waals surface area (Å²) in [6, 6.07) is 0. The van der Waals surface area contributed by atoms with E-state index in [-0.39, 0.29) is 25.8 Å². The summed E-state index contributed by atoms with van der Waals surface area (Å²) in [7, 11) is 1.64. The van der Waals surface area contributed by atoms with E-state index in [1.54, 1.807) is 0 Å². The summed E-state index contributed by atoms with van der Waals surface area (Å²) in [5.74, 6) is -0.328. The summed E-state index contributed by atoms with van der Waals surface area (Å²) >= 11 is 0. The van der Waals surface area contributed by atoms with E-state index in [2.05, 4.69) is 86.8 Å². The van der Waals surface area contributed by atoms with E-state index < -0.39 is 13.9 Å². The Morgan fingerprint density at radius 2 is 1.02 bits per heavy atom. The Labute approximate surface area is 351 Å². The normalized spacial score (nSPS) is 14.4. The molecule has 57 heavy (non-hydrogen) atoms. The molecular formula is C48H87NO7P+. The zero-order valence-electron chi connectivity index (χ0n) is 37.3. The summed E-state index contributed by atoms with van der Waals surface area (Å²) < 4.78 is 35.0. The van der Waals surface area contributed by atoms with Crippen molar-refractivity contribution in [2.45, 2.75) is 174 Å². The van der Waals surface area contributed by atoms with E-state index in [0.717, 1.165) is 83.5 Å². The van der Waals surface area contributed by atoms with Crippen LogP contribution in [0, 0.1) is 0 Å². The lowest BCUT2D eigenvalue weighted by molar-refractivity contribution is -0.870. The number of hydrogen-bond acceptors (Lipinski definition) is 6. The Hall–Kier alpha value is -2.06. The van der Waals surface area contributed by atoms with Crippen molar-refractivity contribution in [2.24, 2.45) is 0 Å². The number of likely N-dealkylation sites (N-methyl/N-ethyl adjacent to an activating group) is 1. The van der Waals surface area contributed by atoms with E-state index in [1.165, 1.54) is 64.2 Å². The number of esters is 1. The van der Waals surface area contributed by atoms with Crippen LogP contribution in [0.15, 0.2) is 72.9 Å². The average molecular weight is 821 g/mol. The predicted octanol–water partition coefficient (Wildman–Crippen LogP) is 13.5. The lowest BCUT2D eigenvalue weighted by Crippen LogP contribution is -2.37. The minimum absolute atomic E-state index is 0.0792. The van der Waals surface area contributed by atoms with Gasteiger partial charge in [0.15, 0.2) is 0 Å². The van der Waals surface area contributed by atoms with Crippen LogP contribution in [-0.4, -0.2) is 75.6 Å². The molecule has 0 amide bonds. The van der Waals surface area contributed by atoms with Gasteiger partial charge in [0.2, 0.25) is 0 Å². The highest BCUT2D eigenvalue weighted by Crippen LogP contribution is 2.43. The monoisotopic (exact) mass is 821 g/mol. The number of carbonyl (C=O) groups is 1. The van der Waals surface area contributed by atoms with Crippen LogP contribution in [-0.2, 0) is 27.9 Å². The molecule has 8 nitrogen and oxygen atoms in total. The Morgan fingerprint density at radius 3 is 1.51 bits per heavy atom. The molecule has 0 saturated carbocycles. The van der Waals surface area contributed by atoms with E-state index in [1.807, 2.05) is 21.1 Å². The number of nitrogens with zero attached hydrogens (tertiary/aromatic N) is 1. The van der Waals surface area contributed by atoms with Crippen molar-refractivity contribution in [2.75, 3.05) is 54.1 Å². The van der Waals surface area contributed by atoms with Crippen molar-refractivity contribution < 1.29 is 37.3 Å². The summed E-state index contributed by atoms with van der Waals surface area (Å²) in [6.07, 6.45) is 52.2. The van der Waals surface area contributed by atoms with Gasteiger partial charge in [-0.2, -0.15) is 0 Å². The molecule has 1 N–H and O–H groups in total. The highest BCUT2D eigenvalue weighted by atomic mass is 31.2. The van der Waals surface area contributed by atoms with E-state index >= 15 is 0 Å². The van der Waals surface area contributed by atoms with Gasteiger partial charge in [-0.25, -0.2) is 4.57 Å². The predicted molar refractivity (Wildman–Crippen MR) is 242 cm³/mol. The first-order valence-electron chi connectivity index (χ1n) is 22.7. The SMILES string of the molecule is CC/C=C\C/C=C\C/C=C\C/C=C\C/C=C\C/C=C\CCCCCOCC(COP(=O)(O)OCC[N+](C)(C)C)OC(=O)CCCCCCCCCCCCCCC. The smallest absolute Gasteiger partial charge is 0.457 e. The molecule has 330 valence electrons. The van der Waals surface area contributed by atoms with E-state index in [0.29, 0.717) is 24.1 Å². The number of quaternary nitrogens is 1. The summed E-state index contributed by atoms with van der Waals surface area (Å²) in [5.41, 5.74) is 0. The third kappa shape index (κ3) is 44.9. The molecule has 0 aromatic rings. The fourth-order valence-corrected chi connectivity index (χ4v) is 6.53. The molecule has 0 rings (SSSR count). The molecule has 0 spiro atoms. The number of carbonyl (C=O) groups excluding carboxylic acids is 1. The first-order chi connectivity index (χ1) is 27.6. The van der Waals surface area contributed by atoms with Gasteiger partial charge in [-0.1, -0.05) is 170 Å². The van der Waals surface area contributed by atoms with Crippen LogP contribution in [0.25, 0.3) is 0 Å². The van der Waals surface area contributed by atoms with Crippen LogP contribution in [0.4, 0.5) is 0 Å². The van der Waals surface area contributed by atoms with Gasteiger partial charge in [-0.3, -0.25) is 13.8 Å². The van der Waals surface area contributed by atoms with E-state index in [4.69, 9.17) is 18.5 Å². The molecule has 0 aromatic heterocycles. The lowest BCUT2D eigenvalue weighted by Gasteiger charge is -2.24. The number of unbranched alkanes of at least 4 members (excludes halogenated alkanes) is 15. The van der Waals surface area contributed by atoms with Gasteiger partial charge in [0.1, 0.15) is 19.3 Å². The zero-order valence-corrected chi connectivity index (χ0v) is 38.2. The van der Waals surface area contributed by atoms with Gasteiger partial charge < -0.3 is 18.9 Å². The summed E-state index contributed by atoms with van der Waals surface area (Å²) in [4.78, 5) is 22.9. The van der Waals surface area contributed by atoms with Crippen molar-refractivity contribution in [3.63, 3.8) is 0 Å². The van der Waals surface area contributed by atoms with Gasteiger partial charge in [0, 0.05) is 13.0 Å². The first-order valence-corrected chi connectivity index (χ1v) is 24.2. The first kappa shape index (κ1) is 54.9. The van der Waals surface area contributed by atoms with Gasteiger partial charge in [0.05, 0.1) is 34.4 Å². The van der Waals surface area contributed by atoms with Crippen LogP contribution >= 0.6 is 7.82 Å². The number of phosphoric acid groups is 1. The molecular weight excluding hydrogens is 734 g/mol. The summed E-state index contributed by atoms with van der Waals surface area (Å²) in [6.45, 7) is 5.41. The van der Waals surface area contributed by atoms with E-state index in [9.17, 15) is 14.3 Å². The Balaban J connectivity index is 4.28. The maximum absolute atomic E-state index is 12.7. The third-order valence-corrected chi connectivity index (χ3v) is 10.3. The molecule has 0 aliphatic carbocycles. The minimum Gasteiger partial charge on any atom is -0.457 e. The zero-order chi connectivity index (χ0) is 42.0. The second-order valence-corrected chi connectivity index (χ2v) is 17.5. The van der Waals surface area contributed by atoms with Gasteiger partial charge in [-0.05, 0) is 64.2 Å². The standard InChI is InChI=1S/C48H86NO7P/c1-6-8-10-12-14-16-18-20-21-22-23-24-25-26-27-28-30-32-34-36-38-40-43-53-45-47(46-55-57(51,52)54-44-42-49(3,4)5)56-48(50)41-39-37-35-33-31-29-19-17-15-13-11-9-7-2/h8,10,14,16,20-21,23-24,26-27,30,32,47H,6-7,9,11-13,15,17-19,22,25,28-29,31,33-46H2,1-5H3/p+1/b10-8-,16-14-,21-20-,24-23-,27-26-,32-30-. The Bertz CT molecular complexity index is 1140. The second-order valence-electron chi connectivity index (χ2n) is 16.1. The summed E-state index contributed by atoms with van der Waals surface area (Å²) in [5, 5.41) is 0. The number of phosphoric ester groups is 1. The Kier molecular flexibility index (Phi) is 39.2. The van der Waals surface area contributed by atoms with Crippen molar-refractivity contribution in [1.82, 2.24) is 0 Å². The van der Waals surface area contributed by atoms with Gasteiger partial charge >= 0.3 is 13.8 Å². The van der Waals surface area contributed by atoms with Gasteiger partial charge in [0.25, 0.3) is 0 Å². The average Bonchev–Trinajstić information content (AvgIpc) is 3.16. The van der Waals surface area contributed by atoms with Crippen molar-refractivity contribution >= 4 is 13.8 Å². The fourth-order valence-electron chi connectivity index (χ4n) is 5.79. The number of allylic oxidation sites excluding steroid dienone is 12. The highest BCUT2D eigenvalue weighted by Gasteiger charge is 2.26. The molecule has 0 aliphatic rings. The Morgan fingerprint density at radius 1 is 0.561 bits per heavy atom. The molecule has 0 saturated heterocycles. The van der Waals surface area contributed by atoms with Crippen molar-refractivity contribution in [3.05, 3.63) is 72.9 Å². The molecule has 2 unspecified atom stereocenters. The second kappa shape index (κ2) is 40.7. The molecule has 0 aliphatic heterocycles. The van der Waals surface area contributed by atoms with Crippen LogP contribution in [0.3, 0.4) is 0 Å². The third-order valence-electron chi connectivity index (χ3n) is 9.28. The highest BCUT2D eigenvalue weighted by molar-refractivity contribution is 7.47. The van der Waals surface area contributed by atoms with Crippen molar-refractivity contribution in [1.29, 1.82) is 0 Å². The van der Waals surface area contributed by atoms with Crippen LogP contribution in [0.1, 0.15) is 168 Å². The molecule has 0 radical (unpaired) electrons. The lowest BCUT2D eigenvalue weighted by atomic mass is 10.0. The molecule has 0 heterocycles. The number of rotatable bonds is 41. The fraction of sp³-hybridized carbons (Fsp3) is 0.729. The molecule has 0 bridgehead atoms. The van der Waals surface area contributed by atoms with Crippen molar-refractivity contribution in [3.8, 4) is 0 Å². The van der Waals surface area contributed by atoms with Gasteiger partial charge in [-0.15, -0.1) is 0 Å². The molecule has 0 aromatic carbocycles. The molecule has 0 fully saturated rings. The van der Waals surface area contributed by atoms with Crippen LogP contribution < -0.4 is 0 Å². The van der Waals surface area contributed by atoms with Crippen LogP contribution in [0.2, 0.25) is 0 Å². The minimum atomic E-state index is -4.29. The number of ether oxygens (including phenoxy) is 2. The maximum atomic E-state index is 12.7. The molecule has 2 atom stereocenters. The quantitative estimate of drug-likeness (QED) is 0.0216. The molecule has 9 heteroatoms. The maximum Gasteiger partial charge on any atom is 0.472 e. The largest absolute Gasteiger partial charge is 0.472 e. The number of hydrogen-bond donors (Lipinski definition) is 1. The van der Waals surface area contributed by atoms with Crippen LogP contribution in [0.5, 0.6) is 0 Å².